The van der Waals surface area contributed by atoms with E-state index in [1.165, 1.54) is 5.32 Å². The van der Waals surface area contributed by atoms with Crippen LogP contribution in [0.2, 0.25) is 0 Å². The van der Waals surface area contributed by atoms with Gasteiger partial charge in [-0.1, -0.05) is 0 Å². The average molecular weight is 317 g/mol. The molecule has 5 atom stereocenters. The molecule has 1 aliphatic rings. The van der Waals surface area contributed by atoms with Gasteiger partial charge in [0.15, 0.2) is 6.29 Å². The van der Waals surface area contributed by atoms with Gasteiger partial charge in [-0.2, -0.15) is 13.2 Å². The molecule has 124 valence electrons. The van der Waals surface area contributed by atoms with Crippen LogP contribution < -0.4 is 5.32 Å². The second-order valence-electron chi connectivity index (χ2n) is 4.89. The minimum atomic E-state index is -5.15. The van der Waals surface area contributed by atoms with Crippen LogP contribution in [0.4, 0.5) is 13.2 Å². The topological polar surface area (TPSA) is 108 Å². The number of nitrogens with one attached hydrogen (secondary N) is 1. The van der Waals surface area contributed by atoms with Gasteiger partial charge in [-0.3, -0.25) is 4.79 Å². The summed E-state index contributed by atoms with van der Waals surface area (Å²) in [6.45, 7) is 2.46. The Bertz CT molecular complexity index is 364. The van der Waals surface area contributed by atoms with Crippen LogP contribution in [-0.2, 0) is 14.3 Å². The number of carbonyl (C=O) groups is 1. The van der Waals surface area contributed by atoms with Gasteiger partial charge in [0, 0.05) is 0 Å². The molecule has 0 aromatic carbocycles. The number of aliphatic hydroxyl groups is 3. The van der Waals surface area contributed by atoms with Gasteiger partial charge < -0.3 is 30.1 Å². The van der Waals surface area contributed by atoms with E-state index in [0.29, 0.717) is 0 Å². The zero-order valence-corrected chi connectivity index (χ0v) is 11.4. The smallest absolute Gasteiger partial charge is 0.394 e. The second-order valence-corrected chi connectivity index (χ2v) is 4.89. The summed E-state index contributed by atoms with van der Waals surface area (Å²) in [5.41, 5.74) is 0. The molecule has 0 radical (unpaired) electrons. The highest BCUT2D eigenvalue weighted by Gasteiger charge is 2.49. The Kier molecular flexibility index (Phi) is 5.93. The van der Waals surface area contributed by atoms with Gasteiger partial charge in [-0.15, -0.1) is 0 Å². The van der Waals surface area contributed by atoms with Crippen molar-refractivity contribution in [3.05, 3.63) is 0 Å². The molecule has 4 N–H and O–H groups in total. The van der Waals surface area contributed by atoms with E-state index in [-0.39, 0.29) is 0 Å². The highest BCUT2D eigenvalue weighted by molar-refractivity contribution is 5.82. The van der Waals surface area contributed by atoms with Crippen molar-refractivity contribution in [2.24, 2.45) is 0 Å². The quantitative estimate of drug-likeness (QED) is 0.524. The van der Waals surface area contributed by atoms with Crippen molar-refractivity contribution in [1.82, 2.24) is 5.32 Å². The van der Waals surface area contributed by atoms with Crippen LogP contribution in [0.15, 0.2) is 0 Å². The highest BCUT2D eigenvalue weighted by atomic mass is 19.4. The van der Waals surface area contributed by atoms with E-state index in [4.69, 9.17) is 14.6 Å². The molecule has 10 heteroatoms. The minimum Gasteiger partial charge on any atom is -0.394 e. The van der Waals surface area contributed by atoms with Gasteiger partial charge in [-0.25, -0.2) is 0 Å². The lowest BCUT2D eigenvalue weighted by atomic mass is 9.97. The van der Waals surface area contributed by atoms with Gasteiger partial charge >= 0.3 is 12.1 Å². The third kappa shape index (κ3) is 4.51. The van der Waals surface area contributed by atoms with Crippen LogP contribution in [-0.4, -0.2) is 70.8 Å². The predicted molar refractivity (Wildman–Crippen MR) is 62.0 cm³/mol. The third-order valence-electron chi connectivity index (χ3n) is 2.84. The standard InChI is InChI=1S/C11H18F3NO6/c1-4(2)20-9-6(15-10(19)11(12,13)14)8(18)7(17)5(3-16)21-9/h4-9,16-18H,3H2,1-2H3,(H,15,19)/t5?,6?,7-,8+,9+/m0/s1. The lowest BCUT2D eigenvalue weighted by molar-refractivity contribution is -0.280. The fraction of sp³-hybridized carbons (Fsp3) is 0.909. The minimum absolute atomic E-state index is 0.484. The van der Waals surface area contributed by atoms with E-state index < -0.39 is 55.4 Å². The first kappa shape index (κ1) is 18.1. The van der Waals surface area contributed by atoms with Crippen LogP contribution >= 0.6 is 0 Å². The number of alkyl halides is 3. The Labute approximate surface area is 118 Å². The number of halogens is 3. The SMILES string of the molecule is CC(C)O[C@@H]1OC(CO)[C@H](O)[C@H](O)C1NC(=O)C(F)(F)F. The molecule has 0 spiro atoms. The number of aliphatic hydroxyl groups excluding tert-OH is 3. The molecule has 1 rings (SSSR count). The molecule has 2 unspecified atom stereocenters. The number of carbonyl (C=O) groups excluding carboxylic acids is 1. The van der Waals surface area contributed by atoms with Gasteiger partial charge in [0.05, 0.1) is 12.7 Å². The molecule has 0 aliphatic carbocycles. The van der Waals surface area contributed by atoms with E-state index >= 15 is 0 Å². The first-order valence-electron chi connectivity index (χ1n) is 6.23. The summed E-state index contributed by atoms with van der Waals surface area (Å²) in [5.74, 6) is -2.29. The van der Waals surface area contributed by atoms with Crippen molar-refractivity contribution in [2.45, 2.75) is 56.8 Å². The zero-order valence-electron chi connectivity index (χ0n) is 11.4. The van der Waals surface area contributed by atoms with Gasteiger partial charge in [-0.05, 0) is 13.8 Å². The predicted octanol–water partition coefficient (Wildman–Crippen LogP) is -1.10. The van der Waals surface area contributed by atoms with Crippen molar-refractivity contribution in [3.8, 4) is 0 Å². The van der Waals surface area contributed by atoms with Crippen molar-refractivity contribution in [3.63, 3.8) is 0 Å². The molecular formula is C11H18F3NO6. The molecule has 7 nitrogen and oxygen atoms in total. The fourth-order valence-electron chi connectivity index (χ4n) is 1.85. The zero-order chi connectivity index (χ0) is 16.4. The van der Waals surface area contributed by atoms with Crippen molar-refractivity contribution in [1.29, 1.82) is 0 Å². The molecule has 0 saturated carbocycles. The molecule has 1 aliphatic heterocycles. The highest BCUT2D eigenvalue weighted by Crippen LogP contribution is 2.24. The van der Waals surface area contributed by atoms with E-state index in [1.54, 1.807) is 13.8 Å². The Balaban J connectivity index is 2.91. The van der Waals surface area contributed by atoms with Crippen LogP contribution in [0.3, 0.4) is 0 Å². The summed E-state index contributed by atoms with van der Waals surface area (Å²) in [4.78, 5) is 11.0. The van der Waals surface area contributed by atoms with Crippen molar-refractivity contribution in [2.75, 3.05) is 6.61 Å². The molecule has 0 bridgehead atoms. The number of rotatable bonds is 4. The molecule has 21 heavy (non-hydrogen) atoms. The van der Waals surface area contributed by atoms with Crippen molar-refractivity contribution < 1.29 is 42.8 Å². The van der Waals surface area contributed by atoms with Crippen LogP contribution in [0.1, 0.15) is 13.8 Å². The molecule has 0 aromatic heterocycles. The molecule has 1 saturated heterocycles. The summed E-state index contributed by atoms with van der Waals surface area (Å²) in [6, 6.07) is -1.63. The van der Waals surface area contributed by atoms with Gasteiger partial charge in [0.25, 0.3) is 0 Å². The first-order valence-corrected chi connectivity index (χ1v) is 6.23. The summed E-state index contributed by atoms with van der Waals surface area (Å²) >= 11 is 0. The average Bonchev–Trinajstić information content (AvgIpc) is 2.36. The summed E-state index contributed by atoms with van der Waals surface area (Å²) in [7, 11) is 0. The van der Waals surface area contributed by atoms with Crippen LogP contribution in [0.25, 0.3) is 0 Å². The molecule has 0 aromatic rings. The number of ether oxygens (including phenoxy) is 2. The summed E-state index contributed by atoms with van der Waals surface area (Å²) < 4.78 is 47.1. The number of amides is 1. The molecule has 1 amide bonds. The molecule has 1 fully saturated rings. The van der Waals surface area contributed by atoms with Gasteiger partial charge in [0.2, 0.25) is 0 Å². The Morgan fingerprint density at radius 3 is 2.33 bits per heavy atom. The van der Waals surface area contributed by atoms with E-state index in [1.807, 2.05) is 0 Å². The number of hydrogen-bond acceptors (Lipinski definition) is 6. The van der Waals surface area contributed by atoms with Crippen LogP contribution in [0, 0.1) is 0 Å². The number of hydrogen-bond donors (Lipinski definition) is 4. The maximum atomic E-state index is 12.3. The van der Waals surface area contributed by atoms with E-state index in [9.17, 15) is 28.2 Å². The Morgan fingerprint density at radius 1 is 1.33 bits per heavy atom. The van der Waals surface area contributed by atoms with Crippen LogP contribution in [0.5, 0.6) is 0 Å². The maximum absolute atomic E-state index is 12.3. The lowest BCUT2D eigenvalue weighted by Gasteiger charge is -2.42. The van der Waals surface area contributed by atoms with E-state index in [0.717, 1.165) is 0 Å². The summed E-state index contributed by atoms with van der Waals surface area (Å²) in [6.07, 6.45) is -11.8. The monoisotopic (exact) mass is 317 g/mol. The fourth-order valence-corrected chi connectivity index (χ4v) is 1.85. The van der Waals surface area contributed by atoms with Gasteiger partial charge in [0.1, 0.15) is 24.4 Å². The molecular weight excluding hydrogens is 299 g/mol. The van der Waals surface area contributed by atoms with Crippen molar-refractivity contribution >= 4 is 5.91 Å². The Morgan fingerprint density at radius 2 is 1.90 bits per heavy atom. The largest absolute Gasteiger partial charge is 0.471 e. The lowest BCUT2D eigenvalue weighted by Crippen LogP contribution is -2.66. The molecule has 1 heterocycles. The maximum Gasteiger partial charge on any atom is 0.471 e. The van der Waals surface area contributed by atoms with E-state index in [2.05, 4.69) is 0 Å². The second kappa shape index (κ2) is 6.88. The third-order valence-corrected chi connectivity index (χ3v) is 2.84. The normalized spacial score (nSPS) is 34.0. The summed E-state index contributed by atoms with van der Waals surface area (Å²) in [5, 5.41) is 30.0. The first-order chi connectivity index (χ1) is 9.57. The Hall–Kier alpha value is -0.940.